The van der Waals surface area contributed by atoms with Gasteiger partial charge in [-0.2, -0.15) is 0 Å². The van der Waals surface area contributed by atoms with Crippen molar-refractivity contribution in [3.05, 3.63) is 60.7 Å². The summed E-state index contributed by atoms with van der Waals surface area (Å²) in [5.41, 5.74) is 0. The maximum Gasteiger partial charge on any atom is 0.404 e. The molecule has 3 rings (SSSR count). The molecule has 1 aliphatic rings. The van der Waals surface area contributed by atoms with Crippen LogP contribution in [0, 0.1) is 5.92 Å². The molecule has 1 fully saturated rings. The number of nitrogens with one attached hydrogen (secondary N) is 1. The predicted molar refractivity (Wildman–Crippen MR) is 125 cm³/mol. The van der Waals surface area contributed by atoms with Crippen molar-refractivity contribution < 1.29 is 19.1 Å². The van der Waals surface area contributed by atoms with E-state index in [4.69, 9.17) is 4.43 Å². The molecule has 31 heavy (non-hydrogen) atoms. The molecule has 0 heterocycles. The van der Waals surface area contributed by atoms with Crippen LogP contribution in [-0.2, 0) is 9.22 Å². The third kappa shape index (κ3) is 5.07. The van der Waals surface area contributed by atoms with Crippen LogP contribution in [0.2, 0.25) is 5.04 Å². The van der Waals surface area contributed by atoms with Gasteiger partial charge in [-0.15, -0.1) is 0 Å². The Morgan fingerprint density at radius 2 is 1.61 bits per heavy atom. The molecule has 0 spiro atoms. The number of carboxylic acid groups (broad SMARTS) is 1. The van der Waals surface area contributed by atoms with E-state index >= 15 is 0 Å². The van der Waals surface area contributed by atoms with Gasteiger partial charge in [0, 0.05) is 6.42 Å². The monoisotopic (exact) mass is 439 g/mol. The average molecular weight is 440 g/mol. The number of carbonyl (C=O) groups is 2. The van der Waals surface area contributed by atoms with Gasteiger partial charge in [-0.1, -0.05) is 81.4 Å². The summed E-state index contributed by atoms with van der Waals surface area (Å²) in [7, 11) is -2.77. The fourth-order valence-electron chi connectivity index (χ4n) is 4.95. The number of benzene rings is 2. The molecule has 0 aromatic heterocycles. The van der Waals surface area contributed by atoms with E-state index in [2.05, 4.69) is 50.4 Å². The fourth-order valence-corrected chi connectivity index (χ4v) is 9.70. The lowest BCUT2D eigenvalue weighted by Gasteiger charge is -2.48. The zero-order valence-corrected chi connectivity index (χ0v) is 19.6. The van der Waals surface area contributed by atoms with Gasteiger partial charge in [0.05, 0.1) is 12.1 Å². The molecule has 0 aliphatic heterocycles. The highest BCUT2D eigenvalue weighted by Gasteiger charge is 2.52. The van der Waals surface area contributed by atoms with Gasteiger partial charge in [-0.25, -0.2) is 4.79 Å². The zero-order valence-electron chi connectivity index (χ0n) is 18.6. The number of rotatable bonds is 7. The van der Waals surface area contributed by atoms with Crippen molar-refractivity contribution in [2.45, 2.75) is 63.6 Å². The summed E-state index contributed by atoms with van der Waals surface area (Å²) in [6.07, 6.45) is 2.31. The molecule has 0 radical (unpaired) electrons. The summed E-state index contributed by atoms with van der Waals surface area (Å²) in [6, 6.07) is 20.4. The molecule has 166 valence electrons. The largest absolute Gasteiger partial charge is 0.465 e. The van der Waals surface area contributed by atoms with Crippen molar-refractivity contribution in [1.82, 2.24) is 5.32 Å². The molecule has 0 saturated heterocycles. The smallest absolute Gasteiger partial charge is 0.404 e. The second-order valence-corrected chi connectivity index (χ2v) is 13.7. The minimum Gasteiger partial charge on any atom is -0.465 e. The Bertz CT molecular complexity index is 827. The highest BCUT2D eigenvalue weighted by Crippen LogP contribution is 2.40. The van der Waals surface area contributed by atoms with Crippen LogP contribution >= 0.6 is 0 Å². The van der Waals surface area contributed by atoms with Gasteiger partial charge in [0.1, 0.15) is 6.29 Å². The first-order chi connectivity index (χ1) is 14.8. The first-order valence-electron chi connectivity index (χ1n) is 11.0. The van der Waals surface area contributed by atoms with Crippen LogP contribution in [0.1, 0.15) is 46.5 Å². The van der Waals surface area contributed by atoms with E-state index in [0.29, 0.717) is 12.8 Å². The normalized spacial score (nSPS) is 22.0. The summed E-state index contributed by atoms with van der Waals surface area (Å²) in [6.45, 7) is 6.66. The van der Waals surface area contributed by atoms with Crippen molar-refractivity contribution in [2.24, 2.45) is 5.92 Å². The maximum absolute atomic E-state index is 11.6. The molecule has 6 heteroatoms. The maximum atomic E-state index is 11.6. The van der Waals surface area contributed by atoms with E-state index in [1.54, 1.807) is 0 Å². The highest BCUT2D eigenvalue weighted by molar-refractivity contribution is 6.99. The van der Waals surface area contributed by atoms with E-state index in [9.17, 15) is 14.7 Å². The van der Waals surface area contributed by atoms with Crippen LogP contribution in [0.15, 0.2) is 60.7 Å². The summed E-state index contributed by atoms with van der Waals surface area (Å²) in [5, 5.41) is 14.3. The Morgan fingerprint density at radius 3 is 2.06 bits per heavy atom. The Morgan fingerprint density at radius 1 is 1.06 bits per heavy atom. The first-order valence-corrected chi connectivity index (χ1v) is 12.9. The predicted octanol–water partition coefficient (Wildman–Crippen LogP) is 3.96. The Labute approximate surface area is 186 Å². The average Bonchev–Trinajstić information content (AvgIpc) is 2.73. The van der Waals surface area contributed by atoms with Crippen LogP contribution in [0.25, 0.3) is 0 Å². The number of amides is 1. The Kier molecular flexibility index (Phi) is 7.33. The third-order valence-corrected chi connectivity index (χ3v) is 11.4. The minimum atomic E-state index is -2.77. The summed E-state index contributed by atoms with van der Waals surface area (Å²) in [4.78, 5) is 22.6. The standard InChI is InChI=1S/C25H33NO4Si/c1-25(2,3)31(20-10-6-4-7-11-20,21-12-8-5-9-13-21)30-23-15-14-19(16-17-27)18-22(23)26-24(28)29/h4-13,17,19,22-23,26H,14-16,18H2,1-3H3,(H,28,29)/t19-,22-,23-/m1/s1. The van der Waals surface area contributed by atoms with E-state index in [-0.39, 0.29) is 23.1 Å². The third-order valence-electron chi connectivity index (χ3n) is 6.38. The van der Waals surface area contributed by atoms with Crippen molar-refractivity contribution >= 4 is 31.1 Å². The van der Waals surface area contributed by atoms with Crippen molar-refractivity contribution in [2.75, 3.05) is 0 Å². The molecule has 2 aromatic rings. The molecule has 3 atom stereocenters. The minimum absolute atomic E-state index is 0.177. The van der Waals surface area contributed by atoms with Crippen LogP contribution < -0.4 is 15.7 Å². The van der Waals surface area contributed by atoms with Gasteiger partial charge in [-0.05, 0) is 40.6 Å². The number of hydrogen-bond donors (Lipinski definition) is 2. The molecular weight excluding hydrogens is 406 g/mol. The fraction of sp³-hybridized carbons (Fsp3) is 0.440. The lowest BCUT2D eigenvalue weighted by molar-refractivity contribution is -0.109. The molecule has 5 nitrogen and oxygen atoms in total. The van der Waals surface area contributed by atoms with E-state index < -0.39 is 14.4 Å². The molecule has 1 aliphatic carbocycles. The van der Waals surface area contributed by atoms with E-state index in [0.717, 1.165) is 19.1 Å². The molecular formula is C25H33NO4Si. The summed E-state index contributed by atoms with van der Waals surface area (Å²) < 4.78 is 7.18. The molecule has 0 bridgehead atoms. The second kappa shape index (κ2) is 9.79. The number of hydrogen-bond acceptors (Lipinski definition) is 3. The van der Waals surface area contributed by atoms with Crippen molar-refractivity contribution in [3.63, 3.8) is 0 Å². The summed E-state index contributed by atoms with van der Waals surface area (Å²) in [5.74, 6) is 0.188. The van der Waals surface area contributed by atoms with Gasteiger partial charge < -0.3 is 19.6 Å². The van der Waals surface area contributed by atoms with E-state index in [1.165, 1.54) is 10.4 Å². The second-order valence-electron chi connectivity index (χ2n) is 9.46. The molecule has 1 saturated carbocycles. The van der Waals surface area contributed by atoms with Gasteiger partial charge in [-0.3, -0.25) is 0 Å². The van der Waals surface area contributed by atoms with Crippen molar-refractivity contribution in [3.8, 4) is 0 Å². The lowest BCUT2D eigenvalue weighted by atomic mass is 9.82. The molecule has 2 aromatic carbocycles. The Balaban J connectivity index is 2.07. The van der Waals surface area contributed by atoms with Crippen LogP contribution in [0.3, 0.4) is 0 Å². The molecule has 2 N–H and O–H groups in total. The van der Waals surface area contributed by atoms with Gasteiger partial charge >= 0.3 is 6.09 Å². The van der Waals surface area contributed by atoms with Crippen LogP contribution in [0.5, 0.6) is 0 Å². The van der Waals surface area contributed by atoms with Crippen LogP contribution in [-0.4, -0.2) is 37.9 Å². The molecule has 1 amide bonds. The lowest BCUT2D eigenvalue weighted by Crippen LogP contribution is -2.69. The van der Waals surface area contributed by atoms with Gasteiger partial charge in [0.25, 0.3) is 8.32 Å². The molecule has 0 unspecified atom stereocenters. The van der Waals surface area contributed by atoms with Gasteiger partial charge in [0.2, 0.25) is 0 Å². The SMILES string of the molecule is CC(C)(C)[Si](O[C@@H]1CC[C@H](CC=O)C[C@H]1NC(=O)O)(c1ccccc1)c1ccccc1. The quantitative estimate of drug-likeness (QED) is 0.506. The first kappa shape index (κ1) is 23.2. The van der Waals surface area contributed by atoms with E-state index in [1.807, 2.05) is 36.4 Å². The van der Waals surface area contributed by atoms with Crippen molar-refractivity contribution in [1.29, 1.82) is 0 Å². The zero-order chi connectivity index (χ0) is 22.5. The number of aldehydes is 1. The topological polar surface area (TPSA) is 75.6 Å². The Hall–Kier alpha value is -2.44. The summed E-state index contributed by atoms with van der Waals surface area (Å²) >= 11 is 0. The highest BCUT2D eigenvalue weighted by atomic mass is 28.4. The van der Waals surface area contributed by atoms with Crippen LogP contribution in [0.4, 0.5) is 4.79 Å². The number of carbonyl (C=O) groups excluding carboxylic acids is 1. The van der Waals surface area contributed by atoms with Gasteiger partial charge in [0.15, 0.2) is 0 Å².